The average Bonchev–Trinajstić information content (AvgIpc) is 2.56. The molecule has 0 N–H and O–H groups in total. The summed E-state index contributed by atoms with van der Waals surface area (Å²) < 4.78 is 0. The molecule has 0 aliphatic rings. The smallest absolute Gasteiger partial charge is 0.127 e. The van der Waals surface area contributed by atoms with Gasteiger partial charge in [0.05, 0.1) is 5.69 Å². The van der Waals surface area contributed by atoms with Crippen molar-refractivity contribution in [1.82, 2.24) is 9.97 Å². The third-order valence-electron chi connectivity index (χ3n) is 2.90. The highest BCUT2D eigenvalue weighted by Crippen LogP contribution is 2.31. The first-order valence-electron chi connectivity index (χ1n) is 5.47. The van der Waals surface area contributed by atoms with Gasteiger partial charge in [-0.2, -0.15) is 0 Å². The fourth-order valence-electron chi connectivity index (χ4n) is 1.76. The van der Waals surface area contributed by atoms with Gasteiger partial charge >= 0.3 is 0 Å². The molecule has 2 rings (SSSR count). The molecule has 0 amide bonds. The molecule has 0 fully saturated rings. The lowest BCUT2D eigenvalue weighted by molar-refractivity contribution is 0.789. The monoisotopic (exact) mass is 254 g/mol. The number of thiophene rings is 1. The van der Waals surface area contributed by atoms with E-state index in [1.54, 1.807) is 17.7 Å². The maximum absolute atomic E-state index is 6.20. The Morgan fingerprint density at radius 2 is 2.12 bits per heavy atom. The molecule has 2 aromatic rings. The molecule has 0 spiro atoms. The minimum absolute atomic E-state index is 0.165. The Bertz CT molecular complexity index is 507. The number of alkyl halides is 1. The molecule has 2 nitrogen and oxygen atoms in total. The Kier molecular flexibility index (Phi) is 3.45. The number of rotatable bonds is 3. The Morgan fingerprint density at radius 3 is 2.81 bits per heavy atom. The van der Waals surface area contributed by atoms with Gasteiger partial charge in [0, 0.05) is 22.1 Å². The molecule has 0 aliphatic heterocycles. The normalized spacial score (nSPS) is 13.2. The predicted molar refractivity (Wildman–Crippen MR) is 70.5 cm³/mol. The van der Waals surface area contributed by atoms with Gasteiger partial charge in [-0.25, -0.2) is 9.97 Å². The zero-order valence-electron chi connectivity index (χ0n) is 9.75. The van der Waals surface area contributed by atoms with Crippen LogP contribution < -0.4 is 0 Å². The summed E-state index contributed by atoms with van der Waals surface area (Å²) >= 11 is 7.94. The van der Waals surface area contributed by atoms with Crippen LogP contribution in [0.4, 0.5) is 0 Å². The summed E-state index contributed by atoms with van der Waals surface area (Å²) in [6.07, 6.45) is 3.44. The molecule has 1 atom stereocenters. The summed E-state index contributed by atoms with van der Waals surface area (Å²) in [5.41, 5.74) is 2.39. The lowest BCUT2D eigenvalue weighted by Crippen LogP contribution is -2.04. The molecule has 0 bridgehead atoms. The van der Waals surface area contributed by atoms with Crippen molar-refractivity contribution < 1.29 is 0 Å². The highest BCUT2D eigenvalue weighted by Gasteiger charge is 2.14. The van der Waals surface area contributed by atoms with Gasteiger partial charge in [-0.15, -0.1) is 22.9 Å². The van der Waals surface area contributed by atoms with Crippen LogP contribution in [-0.4, -0.2) is 15.3 Å². The van der Waals surface area contributed by atoms with E-state index in [0.717, 1.165) is 23.4 Å². The van der Waals surface area contributed by atoms with Crippen LogP contribution in [0, 0.1) is 13.8 Å². The first-order chi connectivity index (χ1) is 7.63. The van der Waals surface area contributed by atoms with Crippen molar-refractivity contribution in [1.29, 1.82) is 0 Å². The zero-order valence-corrected chi connectivity index (χ0v) is 11.3. The lowest BCUT2D eigenvalue weighted by Gasteiger charge is -2.07. The molecule has 0 saturated heterocycles. The molecule has 0 aliphatic carbocycles. The van der Waals surface area contributed by atoms with E-state index in [1.807, 2.05) is 0 Å². The van der Waals surface area contributed by atoms with Crippen molar-refractivity contribution in [3.05, 3.63) is 22.5 Å². The van der Waals surface area contributed by atoms with Crippen LogP contribution in [0.25, 0.3) is 10.2 Å². The molecule has 1 unspecified atom stereocenters. The van der Waals surface area contributed by atoms with Crippen LogP contribution >= 0.6 is 22.9 Å². The molecule has 86 valence electrons. The molecule has 2 heterocycles. The lowest BCUT2D eigenvalue weighted by atomic mass is 10.1. The van der Waals surface area contributed by atoms with Crippen molar-refractivity contribution in [3.8, 4) is 0 Å². The Labute approximate surface area is 105 Å². The Hall–Kier alpha value is -0.670. The third kappa shape index (κ3) is 2.06. The van der Waals surface area contributed by atoms with E-state index in [4.69, 9.17) is 11.6 Å². The van der Waals surface area contributed by atoms with Crippen LogP contribution in [0.5, 0.6) is 0 Å². The van der Waals surface area contributed by atoms with Crippen molar-refractivity contribution in [3.63, 3.8) is 0 Å². The Morgan fingerprint density at radius 1 is 1.38 bits per heavy atom. The average molecular weight is 255 g/mol. The number of halogens is 1. The van der Waals surface area contributed by atoms with Crippen LogP contribution in [-0.2, 0) is 6.42 Å². The number of fused-ring (bicyclic) bond motifs is 1. The fourth-order valence-corrected chi connectivity index (χ4v) is 2.93. The number of aryl methyl sites for hydroxylation is 2. The summed E-state index contributed by atoms with van der Waals surface area (Å²) in [6, 6.07) is 0. The van der Waals surface area contributed by atoms with Crippen LogP contribution in [0.3, 0.4) is 0 Å². The molecular formula is C12H15ClN2S. The number of hydrogen-bond acceptors (Lipinski definition) is 3. The maximum atomic E-state index is 6.20. The molecule has 2 aromatic heterocycles. The van der Waals surface area contributed by atoms with Gasteiger partial charge in [-0.1, -0.05) is 6.92 Å². The van der Waals surface area contributed by atoms with E-state index >= 15 is 0 Å². The van der Waals surface area contributed by atoms with E-state index in [0.29, 0.717) is 0 Å². The molecule has 0 aromatic carbocycles. The van der Waals surface area contributed by atoms with Gasteiger partial charge < -0.3 is 0 Å². The second-order valence-corrected chi connectivity index (χ2v) is 5.81. The van der Waals surface area contributed by atoms with Crippen molar-refractivity contribution in [2.75, 3.05) is 0 Å². The fraction of sp³-hybridized carbons (Fsp3) is 0.500. The van der Waals surface area contributed by atoms with Gasteiger partial charge in [0.2, 0.25) is 0 Å². The zero-order chi connectivity index (χ0) is 11.7. The molecule has 4 heteroatoms. The van der Waals surface area contributed by atoms with Crippen LogP contribution in [0.15, 0.2) is 6.33 Å². The van der Waals surface area contributed by atoms with Gasteiger partial charge in [-0.3, -0.25) is 0 Å². The van der Waals surface area contributed by atoms with Crippen molar-refractivity contribution in [2.24, 2.45) is 0 Å². The number of nitrogens with zero attached hydrogens (tertiary/aromatic N) is 2. The van der Waals surface area contributed by atoms with Crippen LogP contribution in [0.2, 0.25) is 0 Å². The van der Waals surface area contributed by atoms with Gasteiger partial charge in [0.15, 0.2) is 0 Å². The number of aromatic nitrogens is 2. The molecular weight excluding hydrogens is 240 g/mol. The van der Waals surface area contributed by atoms with E-state index in [2.05, 4.69) is 30.7 Å². The summed E-state index contributed by atoms with van der Waals surface area (Å²) in [5, 5.41) is 1.38. The van der Waals surface area contributed by atoms with E-state index in [-0.39, 0.29) is 5.38 Å². The van der Waals surface area contributed by atoms with Gasteiger partial charge in [-0.05, 0) is 25.8 Å². The summed E-state index contributed by atoms with van der Waals surface area (Å²) in [6.45, 7) is 6.36. The largest absolute Gasteiger partial charge is 0.241 e. The SMILES string of the molecule is CCC(Cl)Cc1ncnc2sc(C)c(C)c12. The van der Waals surface area contributed by atoms with Crippen LogP contribution in [0.1, 0.15) is 29.5 Å². The first-order valence-corrected chi connectivity index (χ1v) is 6.72. The summed E-state index contributed by atoms with van der Waals surface area (Å²) in [5.74, 6) is 0. The molecule has 16 heavy (non-hydrogen) atoms. The molecule has 0 radical (unpaired) electrons. The molecule has 0 saturated carbocycles. The number of hydrogen-bond donors (Lipinski definition) is 0. The maximum Gasteiger partial charge on any atom is 0.127 e. The van der Waals surface area contributed by atoms with Gasteiger partial charge in [0.25, 0.3) is 0 Å². The summed E-state index contributed by atoms with van der Waals surface area (Å²) in [4.78, 5) is 11.1. The topological polar surface area (TPSA) is 25.8 Å². The second-order valence-electron chi connectivity index (χ2n) is 3.99. The predicted octanol–water partition coefficient (Wildman–Crippen LogP) is 3.87. The van der Waals surface area contributed by atoms with E-state index in [9.17, 15) is 0 Å². The minimum Gasteiger partial charge on any atom is -0.241 e. The highest BCUT2D eigenvalue weighted by molar-refractivity contribution is 7.18. The van der Waals surface area contributed by atoms with Crippen molar-refractivity contribution >= 4 is 33.2 Å². The first kappa shape index (κ1) is 11.8. The van der Waals surface area contributed by atoms with E-state index in [1.165, 1.54) is 15.8 Å². The standard InChI is InChI=1S/C12H15ClN2S/c1-4-9(13)5-10-11-7(2)8(3)16-12(11)15-6-14-10/h6,9H,4-5H2,1-3H3. The van der Waals surface area contributed by atoms with Gasteiger partial charge in [0.1, 0.15) is 11.2 Å². The minimum atomic E-state index is 0.165. The van der Waals surface area contributed by atoms with Crippen molar-refractivity contribution in [2.45, 2.75) is 39.0 Å². The second kappa shape index (κ2) is 4.68. The summed E-state index contributed by atoms with van der Waals surface area (Å²) in [7, 11) is 0. The third-order valence-corrected chi connectivity index (χ3v) is 4.48. The van der Waals surface area contributed by atoms with E-state index < -0.39 is 0 Å². The Balaban J connectivity index is 2.52. The highest BCUT2D eigenvalue weighted by atomic mass is 35.5. The quantitative estimate of drug-likeness (QED) is 0.777.